The molecule has 9 heteroatoms. The summed E-state index contributed by atoms with van der Waals surface area (Å²) in [5, 5.41) is 21.7. The summed E-state index contributed by atoms with van der Waals surface area (Å²) in [5.41, 5.74) is 1.19. The van der Waals surface area contributed by atoms with Gasteiger partial charge in [0.05, 0.1) is 12.9 Å². The van der Waals surface area contributed by atoms with Gasteiger partial charge < -0.3 is 24.3 Å². The van der Waals surface area contributed by atoms with Gasteiger partial charge in [0.25, 0.3) is 0 Å². The minimum absolute atomic E-state index is 0.0174. The van der Waals surface area contributed by atoms with Gasteiger partial charge in [0.15, 0.2) is 11.5 Å². The zero-order valence-corrected chi connectivity index (χ0v) is 17.2. The predicted octanol–water partition coefficient (Wildman–Crippen LogP) is 2.70. The molecule has 0 radical (unpaired) electrons. The van der Waals surface area contributed by atoms with Crippen molar-refractivity contribution in [1.29, 1.82) is 0 Å². The molecule has 33 heavy (non-hydrogen) atoms. The summed E-state index contributed by atoms with van der Waals surface area (Å²) < 4.78 is 13.4. The fourth-order valence-corrected chi connectivity index (χ4v) is 4.32. The fourth-order valence-electron chi connectivity index (χ4n) is 4.32. The average molecular weight is 443 g/mol. The van der Waals surface area contributed by atoms with Crippen LogP contribution in [-0.4, -0.2) is 42.7 Å². The summed E-state index contributed by atoms with van der Waals surface area (Å²) in [6, 6.07) is 14.6. The van der Waals surface area contributed by atoms with Gasteiger partial charge in [-0.1, -0.05) is 36.4 Å². The third-order valence-corrected chi connectivity index (χ3v) is 5.90. The first-order chi connectivity index (χ1) is 16.0. The molecular weight excluding hydrogens is 426 g/mol. The molecule has 0 unspecified atom stereocenters. The van der Waals surface area contributed by atoms with Crippen LogP contribution in [0.1, 0.15) is 43.2 Å². The van der Waals surface area contributed by atoms with Crippen LogP contribution < -0.4 is 9.47 Å². The Morgan fingerprint density at radius 3 is 2.36 bits per heavy atom. The summed E-state index contributed by atoms with van der Waals surface area (Å²) in [7, 11) is 0. The first-order valence-corrected chi connectivity index (χ1v) is 10.2. The van der Waals surface area contributed by atoms with E-state index < -0.39 is 23.3 Å². The lowest BCUT2D eigenvalue weighted by molar-refractivity contribution is 0.0968. The van der Waals surface area contributed by atoms with Gasteiger partial charge in [-0.05, 0) is 23.3 Å². The van der Waals surface area contributed by atoms with Crippen molar-refractivity contribution in [2.45, 2.75) is 13.1 Å². The van der Waals surface area contributed by atoms with Crippen molar-refractivity contribution in [3.05, 3.63) is 88.5 Å². The number of hydrogen-bond acceptors (Lipinski definition) is 7. The molecule has 2 aromatic heterocycles. The van der Waals surface area contributed by atoms with Gasteiger partial charge >= 0.3 is 0 Å². The average Bonchev–Trinajstić information content (AvgIpc) is 3.51. The van der Waals surface area contributed by atoms with Gasteiger partial charge in [0.2, 0.25) is 30.1 Å². The molecule has 0 spiro atoms. The smallest absolute Gasteiger partial charge is 0.231 e. The highest BCUT2D eigenvalue weighted by atomic mass is 16.7. The molecule has 6 rings (SSSR count). The highest BCUT2D eigenvalue weighted by molar-refractivity contribution is 6.29. The molecule has 2 N–H and O–H groups in total. The Morgan fingerprint density at radius 1 is 0.848 bits per heavy atom. The van der Waals surface area contributed by atoms with E-state index in [2.05, 4.69) is 4.98 Å². The van der Waals surface area contributed by atoms with Gasteiger partial charge in [-0.3, -0.25) is 14.2 Å². The Labute approximate surface area is 187 Å². The second-order valence-electron chi connectivity index (χ2n) is 7.88. The molecule has 0 atom stereocenters. The van der Waals surface area contributed by atoms with Crippen molar-refractivity contribution >= 4 is 11.6 Å². The summed E-state index contributed by atoms with van der Waals surface area (Å²) in [6.45, 7) is 0.471. The summed E-state index contributed by atoms with van der Waals surface area (Å²) >= 11 is 0. The van der Waals surface area contributed by atoms with Gasteiger partial charge in [-0.2, -0.15) is 0 Å². The highest BCUT2D eigenvalue weighted by Crippen LogP contribution is 2.41. The van der Waals surface area contributed by atoms with Crippen LogP contribution in [0.15, 0.2) is 54.9 Å². The Kier molecular flexibility index (Phi) is 4.06. The SMILES string of the molecule is O=C1c2ncn(Cc3ccccc3)c2C(=O)c2c1c(O)n(Cc1ccc3c(c1)OCO3)c2O. The van der Waals surface area contributed by atoms with E-state index in [1.807, 2.05) is 30.3 Å². The molecule has 0 saturated carbocycles. The van der Waals surface area contributed by atoms with Gasteiger partial charge in [-0.25, -0.2) is 4.98 Å². The number of carbonyl (C=O) groups excluding carboxylic acids is 2. The molecule has 2 aliphatic rings. The van der Waals surface area contributed by atoms with Crippen LogP contribution in [0.2, 0.25) is 0 Å². The molecule has 4 aromatic rings. The van der Waals surface area contributed by atoms with Crippen LogP contribution in [0.4, 0.5) is 0 Å². The third kappa shape index (κ3) is 2.82. The number of benzene rings is 2. The van der Waals surface area contributed by atoms with Gasteiger partial charge in [-0.15, -0.1) is 0 Å². The third-order valence-electron chi connectivity index (χ3n) is 5.90. The van der Waals surface area contributed by atoms with Crippen molar-refractivity contribution in [3.63, 3.8) is 0 Å². The maximum atomic E-state index is 13.4. The molecule has 1 aliphatic heterocycles. The zero-order chi connectivity index (χ0) is 22.7. The van der Waals surface area contributed by atoms with E-state index in [1.165, 1.54) is 6.33 Å². The first-order valence-electron chi connectivity index (χ1n) is 10.2. The minimum atomic E-state index is -0.608. The zero-order valence-electron chi connectivity index (χ0n) is 17.2. The summed E-state index contributed by atoms with van der Waals surface area (Å²) in [6.07, 6.45) is 1.42. The van der Waals surface area contributed by atoms with Crippen molar-refractivity contribution in [2.24, 2.45) is 0 Å². The number of carbonyl (C=O) groups is 2. The number of ether oxygens (including phenoxy) is 2. The molecule has 1 aliphatic carbocycles. The second kappa shape index (κ2) is 6.99. The van der Waals surface area contributed by atoms with Crippen molar-refractivity contribution < 1.29 is 29.3 Å². The number of ketones is 2. The summed E-state index contributed by atoms with van der Waals surface area (Å²) in [4.78, 5) is 30.7. The lowest BCUT2D eigenvalue weighted by Crippen LogP contribution is -2.22. The van der Waals surface area contributed by atoms with Crippen LogP contribution in [0.3, 0.4) is 0 Å². The normalized spacial score (nSPS) is 13.8. The number of rotatable bonds is 4. The van der Waals surface area contributed by atoms with E-state index in [1.54, 1.807) is 22.8 Å². The van der Waals surface area contributed by atoms with E-state index in [0.29, 0.717) is 23.6 Å². The second-order valence-corrected chi connectivity index (χ2v) is 7.88. The number of hydrogen-bond donors (Lipinski definition) is 2. The Morgan fingerprint density at radius 2 is 1.58 bits per heavy atom. The first kappa shape index (κ1) is 19.2. The lowest BCUT2D eigenvalue weighted by atomic mass is 9.93. The Balaban J connectivity index is 1.40. The van der Waals surface area contributed by atoms with Crippen LogP contribution >= 0.6 is 0 Å². The topological polar surface area (TPSA) is 116 Å². The Bertz CT molecular complexity index is 1450. The van der Waals surface area contributed by atoms with Gasteiger partial charge in [0, 0.05) is 6.54 Å². The number of fused-ring (bicyclic) bond motifs is 3. The molecular formula is C24H17N3O6. The highest BCUT2D eigenvalue weighted by Gasteiger charge is 2.41. The quantitative estimate of drug-likeness (QED) is 0.439. The van der Waals surface area contributed by atoms with E-state index in [9.17, 15) is 19.8 Å². The molecule has 2 aromatic carbocycles. The number of nitrogens with zero attached hydrogens (tertiary/aromatic N) is 3. The summed E-state index contributed by atoms with van der Waals surface area (Å²) in [5.74, 6) is -0.990. The number of aromatic nitrogens is 3. The van der Waals surface area contributed by atoms with Crippen molar-refractivity contribution in [3.8, 4) is 23.3 Å². The van der Waals surface area contributed by atoms with Crippen molar-refractivity contribution in [2.75, 3.05) is 6.79 Å². The molecule has 0 amide bonds. The molecule has 3 heterocycles. The molecule has 0 saturated heterocycles. The van der Waals surface area contributed by atoms with E-state index >= 15 is 0 Å². The van der Waals surface area contributed by atoms with Gasteiger partial charge in [0.1, 0.15) is 22.5 Å². The fraction of sp³-hybridized carbons (Fsp3) is 0.125. The molecule has 0 fully saturated rings. The number of aromatic hydroxyl groups is 2. The Hall–Kier alpha value is -4.53. The maximum absolute atomic E-state index is 13.4. The molecule has 9 nitrogen and oxygen atoms in total. The standard InChI is InChI=1S/C24H17N3O6/c28-21-17-18(22(29)20-19(21)25-11-26(20)9-13-4-2-1-3-5-13)24(31)27(23(17)30)10-14-6-7-15-16(8-14)33-12-32-15/h1-8,11,30-31H,9-10,12H2. The molecule has 164 valence electrons. The lowest BCUT2D eigenvalue weighted by Gasteiger charge is -2.13. The van der Waals surface area contributed by atoms with Crippen LogP contribution in [-0.2, 0) is 13.1 Å². The van der Waals surface area contributed by atoms with E-state index in [4.69, 9.17) is 9.47 Å². The van der Waals surface area contributed by atoms with Crippen LogP contribution in [0.5, 0.6) is 23.3 Å². The maximum Gasteiger partial charge on any atom is 0.231 e. The van der Waals surface area contributed by atoms with Crippen molar-refractivity contribution in [1.82, 2.24) is 14.1 Å². The van der Waals surface area contributed by atoms with Crippen LogP contribution in [0, 0.1) is 0 Å². The van der Waals surface area contributed by atoms with E-state index in [0.717, 1.165) is 10.1 Å². The monoisotopic (exact) mass is 443 g/mol. The minimum Gasteiger partial charge on any atom is -0.494 e. The predicted molar refractivity (Wildman–Crippen MR) is 114 cm³/mol. The van der Waals surface area contributed by atoms with E-state index in [-0.39, 0.29) is 35.9 Å². The number of imidazole rings is 1. The largest absolute Gasteiger partial charge is 0.494 e. The van der Waals surface area contributed by atoms with Crippen LogP contribution in [0.25, 0.3) is 0 Å². The molecule has 0 bridgehead atoms.